The summed E-state index contributed by atoms with van der Waals surface area (Å²) in [5, 5.41) is 11.4. The van der Waals surface area contributed by atoms with Crippen molar-refractivity contribution < 1.29 is 18.7 Å². The van der Waals surface area contributed by atoms with Gasteiger partial charge in [-0.25, -0.2) is 9.37 Å². The summed E-state index contributed by atoms with van der Waals surface area (Å²) in [5.74, 6) is 0.0769. The van der Waals surface area contributed by atoms with Gasteiger partial charge in [0.1, 0.15) is 18.2 Å². The second-order valence-corrected chi connectivity index (χ2v) is 13.8. The van der Waals surface area contributed by atoms with Crippen LogP contribution in [0.5, 0.6) is 5.75 Å². The smallest absolute Gasteiger partial charge is 0.246 e. The number of carbonyl (C=O) groups is 1. The third-order valence-corrected chi connectivity index (χ3v) is 10.1. The van der Waals surface area contributed by atoms with Crippen molar-refractivity contribution in [3.63, 3.8) is 0 Å². The number of methoxy groups -OCH3 is 1. The highest BCUT2D eigenvalue weighted by atomic mass is 32.1. The number of aromatic nitrogens is 3. The molecule has 5 aromatic rings. The van der Waals surface area contributed by atoms with Gasteiger partial charge in [0, 0.05) is 84.0 Å². The van der Waals surface area contributed by atoms with Crippen molar-refractivity contribution in [3.8, 4) is 39.4 Å². The molecule has 1 amide bonds. The van der Waals surface area contributed by atoms with Gasteiger partial charge in [0.2, 0.25) is 5.91 Å². The molecular formula is C38H41FN6O3S. The van der Waals surface area contributed by atoms with E-state index in [1.165, 1.54) is 23.3 Å². The first kappa shape index (κ1) is 33.1. The number of fused-ring (bicyclic) bond motifs is 2. The maximum Gasteiger partial charge on any atom is 0.246 e. The maximum absolute atomic E-state index is 14.7. The standard InChI is InChI=1S/C38H41FN6O3S/c1-43(2)14-4-5-34(46)44-15-11-30(24-44)45-23-28(22-41-45)37-35(31-9-8-29(39)20-33(31)48-17-16-47-3)38-32(12-18-49-38)36(42-37)26-6-7-27-21-40-13-10-25(27)19-26/h4-9,12,18-20,22-23,30,40H,10-11,13-17,21,24H2,1-3H3/b5-4+. The second-order valence-electron chi connectivity index (χ2n) is 12.8. The molecular weight excluding hydrogens is 640 g/mol. The molecule has 3 aromatic heterocycles. The monoisotopic (exact) mass is 680 g/mol. The quantitative estimate of drug-likeness (QED) is 0.132. The number of likely N-dealkylation sites (tertiary alicyclic amines) is 1. The topological polar surface area (TPSA) is 84.8 Å². The van der Waals surface area contributed by atoms with Crippen LogP contribution in [0.2, 0.25) is 0 Å². The lowest BCUT2D eigenvalue weighted by Crippen LogP contribution is -2.27. The van der Waals surface area contributed by atoms with E-state index in [-0.39, 0.29) is 24.4 Å². The highest BCUT2D eigenvalue weighted by Gasteiger charge is 2.28. The fraction of sp³-hybridized carbons (Fsp3) is 0.342. The molecule has 0 aliphatic carbocycles. The molecule has 9 nitrogen and oxygen atoms in total. The Morgan fingerprint density at radius 2 is 2.02 bits per heavy atom. The van der Waals surface area contributed by atoms with Gasteiger partial charge < -0.3 is 24.6 Å². The lowest BCUT2D eigenvalue weighted by Gasteiger charge is -2.19. The van der Waals surface area contributed by atoms with E-state index < -0.39 is 0 Å². The van der Waals surface area contributed by atoms with Gasteiger partial charge in [0.15, 0.2) is 0 Å². The van der Waals surface area contributed by atoms with E-state index >= 15 is 0 Å². The Kier molecular flexibility index (Phi) is 9.86. The number of rotatable bonds is 11. The summed E-state index contributed by atoms with van der Waals surface area (Å²) in [6.07, 6.45) is 9.22. The van der Waals surface area contributed by atoms with Crippen LogP contribution in [0.3, 0.4) is 0 Å². The van der Waals surface area contributed by atoms with E-state index in [1.807, 2.05) is 47.0 Å². The van der Waals surface area contributed by atoms with E-state index in [0.29, 0.717) is 32.0 Å². The van der Waals surface area contributed by atoms with Crippen molar-refractivity contribution in [2.45, 2.75) is 25.4 Å². The molecule has 0 radical (unpaired) electrons. The van der Waals surface area contributed by atoms with Crippen LogP contribution in [0, 0.1) is 5.82 Å². The number of benzene rings is 2. The third kappa shape index (κ3) is 7.02. The number of nitrogens with zero attached hydrogens (tertiary/aromatic N) is 5. The van der Waals surface area contributed by atoms with Crippen molar-refractivity contribution in [2.75, 3.05) is 60.6 Å². The molecule has 1 N–H and O–H groups in total. The molecule has 0 bridgehead atoms. The summed E-state index contributed by atoms with van der Waals surface area (Å²) in [4.78, 5) is 22.2. The molecule has 5 heterocycles. The third-order valence-electron chi connectivity index (χ3n) is 9.19. The van der Waals surface area contributed by atoms with Gasteiger partial charge in [-0.05, 0) is 74.3 Å². The molecule has 2 aromatic carbocycles. The summed E-state index contributed by atoms with van der Waals surface area (Å²) in [7, 11) is 5.57. The molecule has 49 heavy (non-hydrogen) atoms. The van der Waals surface area contributed by atoms with Crippen molar-refractivity contribution in [1.82, 2.24) is 29.9 Å². The molecule has 1 atom stereocenters. The second kappa shape index (κ2) is 14.6. The zero-order chi connectivity index (χ0) is 33.9. The Morgan fingerprint density at radius 1 is 1.12 bits per heavy atom. The number of hydrogen-bond donors (Lipinski definition) is 1. The van der Waals surface area contributed by atoms with Crippen LogP contribution in [-0.4, -0.2) is 91.1 Å². The van der Waals surface area contributed by atoms with E-state index in [1.54, 1.807) is 30.6 Å². The zero-order valence-corrected chi connectivity index (χ0v) is 28.9. The number of likely N-dealkylation sites (N-methyl/N-ethyl adjacent to an activating group) is 1. The number of carbonyl (C=O) groups excluding carboxylic acids is 1. The van der Waals surface area contributed by atoms with Crippen molar-refractivity contribution in [3.05, 3.63) is 89.3 Å². The predicted molar refractivity (Wildman–Crippen MR) is 192 cm³/mol. The lowest BCUT2D eigenvalue weighted by atomic mass is 9.93. The number of pyridine rings is 1. The van der Waals surface area contributed by atoms with Crippen molar-refractivity contribution >= 4 is 27.3 Å². The Balaban J connectivity index is 1.32. The Hall–Kier alpha value is -4.42. The SMILES string of the molecule is COCCOc1cc(F)ccc1-c1c(-c2cnn(C3CCN(C(=O)/C=C/CN(C)C)C3)c2)nc(-c2ccc3c(c2)CCNC3)c2ccsc12. The molecule has 7 rings (SSSR count). The van der Waals surface area contributed by atoms with Crippen molar-refractivity contribution in [1.29, 1.82) is 0 Å². The summed E-state index contributed by atoms with van der Waals surface area (Å²) < 4.78 is 29.0. The minimum atomic E-state index is -0.377. The Morgan fingerprint density at radius 3 is 2.88 bits per heavy atom. The molecule has 1 unspecified atom stereocenters. The lowest BCUT2D eigenvalue weighted by molar-refractivity contribution is -0.125. The van der Waals surface area contributed by atoms with Crippen LogP contribution in [0.1, 0.15) is 23.6 Å². The molecule has 0 saturated carbocycles. The minimum absolute atomic E-state index is 0.0200. The summed E-state index contributed by atoms with van der Waals surface area (Å²) in [6, 6.07) is 13.5. The molecule has 0 spiro atoms. The largest absolute Gasteiger partial charge is 0.490 e. The summed E-state index contributed by atoms with van der Waals surface area (Å²) in [6.45, 7) is 4.45. The highest BCUT2D eigenvalue weighted by Crippen LogP contribution is 2.46. The van der Waals surface area contributed by atoms with Gasteiger partial charge in [-0.1, -0.05) is 18.2 Å². The van der Waals surface area contributed by atoms with Gasteiger partial charge in [0.25, 0.3) is 0 Å². The molecule has 11 heteroatoms. The predicted octanol–water partition coefficient (Wildman–Crippen LogP) is 6.20. The normalized spacial score (nSPS) is 16.3. The average molecular weight is 681 g/mol. The maximum atomic E-state index is 14.7. The van der Waals surface area contributed by atoms with Gasteiger partial charge in [0.05, 0.1) is 30.2 Å². The summed E-state index contributed by atoms with van der Waals surface area (Å²) in [5.41, 5.74) is 7.83. The fourth-order valence-corrected chi connectivity index (χ4v) is 7.63. The number of halogens is 1. The van der Waals surface area contributed by atoms with Crippen LogP contribution in [0.25, 0.3) is 43.7 Å². The van der Waals surface area contributed by atoms with Crippen molar-refractivity contribution in [2.24, 2.45) is 0 Å². The van der Waals surface area contributed by atoms with Crippen LogP contribution in [0.15, 0.2) is 72.4 Å². The fourth-order valence-electron chi connectivity index (χ4n) is 6.67. The average Bonchev–Trinajstić information content (AvgIpc) is 3.89. The Bertz CT molecular complexity index is 2000. The van der Waals surface area contributed by atoms with E-state index in [9.17, 15) is 9.18 Å². The first-order valence-electron chi connectivity index (χ1n) is 16.7. The molecule has 2 aliphatic heterocycles. The number of nitrogens with one attached hydrogen (secondary N) is 1. The molecule has 1 fully saturated rings. The highest BCUT2D eigenvalue weighted by molar-refractivity contribution is 7.18. The number of hydrogen-bond acceptors (Lipinski definition) is 8. The van der Waals surface area contributed by atoms with Gasteiger partial charge in [-0.15, -0.1) is 11.3 Å². The van der Waals surface area contributed by atoms with Crippen LogP contribution >= 0.6 is 11.3 Å². The first-order valence-corrected chi connectivity index (χ1v) is 17.6. The van der Waals surface area contributed by atoms with E-state index in [0.717, 1.165) is 69.7 Å². The van der Waals surface area contributed by atoms with Crippen LogP contribution in [-0.2, 0) is 22.5 Å². The molecule has 254 valence electrons. The van der Waals surface area contributed by atoms with Gasteiger partial charge in [-0.3, -0.25) is 9.48 Å². The first-order chi connectivity index (χ1) is 23.9. The van der Waals surface area contributed by atoms with Gasteiger partial charge >= 0.3 is 0 Å². The number of ether oxygens (including phenoxy) is 2. The van der Waals surface area contributed by atoms with Crippen LogP contribution < -0.4 is 10.1 Å². The van der Waals surface area contributed by atoms with Gasteiger partial charge in [-0.2, -0.15) is 5.10 Å². The zero-order valence-electron chi connectivity index (χ0n) is 28.1. The molecule has 1 saturated heterocycles. The molecule has 2 aliphatic rings. The summed E-state index contributed by atoms with van der Waals surface area (Å²) >= 11 is 1.64. The van der Waals surface area contributed by atoms with Crippen LogP contribution in [0.4, 0.5) is 4.39 Å². The van der Waals surface area contributed by atoms with E-state index in [2.05, 4.69) is 35.0 Å². The van der Waals surface area contributed by atoms with E-state index in [4.69, 9.17) is 19.6 Å². The number of thiophene rings is 1. The Labute approximate surface area is 290 Å². The minimum Gasteiger partial charge on any atom is -0.490 e. The number of amides is 1.